The molecule has 0 aliphatic carbocycles. The van der Waals surface area contributed by atoms with Crippen LogP contribution >= 0.6 is 23.7 Å². The zero-order valence-corrected chi connectivity index (χ0v) is 11.0. The number of aromatic nitrogens is 2. The van der Waals surface area contributed by atoms with Gasteiger partial charge in [-0.2, -0.15) is 0 Å². The van der Waals surface area contributed by atoms with Crippen molar-refractivity contribution in [3.63, 3.8) is 0 Å². The van der Waals surface area contributed by atoms with Crippen LogP contribution in [-0.4, -0.2) is 22.6 Å². The summed E-state index contributed by atoms with van der Waals surface area (Å²) in [6, 6.07) is 0. The van der Waals surface area contributed by atoms with Crippen LogP contribution in [0.4, 0.5) is 5.13 Å². The molecule has 0 radical (unpaired) electrons. The molecule has 0 fully saturated rings. The molecule has 1 heterocycles. The van der Waals surface area contributed by atoms with Crippen LogP contribution in [0.5, 0.6) is 0 Å². The molecule has 1 aromatic heterocycles. The topological polar surface area (TPSA) is 80.9 Å². The Balaban J connectivity index is 0.00000225. The fourth-order valence-corrected chi connectivity index (χ4v) is 2.28. The Hall–Kier alpha value is -0.720. The van der Waals surface area contributed by atoms with Gasteiger partial charge in [-0.1, -0.05) is 25.2 Å². The van der Waals surface area contributed by atoms with Gasteiger partial charge in [0.1, 0.15) is 5.01 Å². The van der Waals surface area contributed by atoms with Gasteiger partial charge in [-0.15, -0.1) is 22.6 Å². The van der Waals surface area contributed by atoms with E-state index in [9.17, 15) is 4.79 Å². The molecule has 0 saturated heterocycles. The fourth-order valence-electron chi connectivity index (χ4n) is 1.26. The zero-order valence-electron chi connectivity index (χ0n) is 9.40. The van der Waals surface area contributed by atoms with Crippen molar-refractivity contribution in [2.75, 3.05) is 11.9 Å². The first-order valence-corrected chi connectivity index (χ1v) is 5.86. The number of amides is 1. The Bertz CT molecular complexity index is 327. The average molecular weight is 265 g/mol. The summed E-state index contributed by atoms with van der Waals surface area (Å²) in [6.07, 6.45) is 2.08. The molecule has 3 N–H and O–H groups in total. The maximum atomic E-state index is 11.0. The Morgan fingerprint density at radius 3 is 2.56 bits per heavy atom. The van der Waals surface area contributed by atoms with E-state index in [1.165, 1.54) is 11.3 Å². The lowest BCUT2D eigenvalue weighted by molar-refractivity contribution is -0.114. The molecule has 0 unspecified atom stereocenters. The highest BCUT2D eigenvalue weighted by molar-refractivity contribution is 7.15. The van der Waals surface area contributed by atoms with E-state index in [0.717, 1.165) is 17.8 Å². The van der Waals surface area contributed by atoms with Gasteiger partial charge in [0, 0.05) is 5.92 Å². The minimum Gasteiger partial charge on any atom is -0.322 e. The third-order valence-electron chi connectivity index (χ3n) is 2.21. The number of hydrogen-bond acceptors (Lipinski definition) is 5. The second kappa shape index (κ2) is 7.54. The number of nitrogens with one attached hydrogen (secondary N) is 1. The lowest BCUT2D eigenvalue weighted by atomic mass is 10.1. The van der Waals surface area contributed by atoms with Gasteiger partial charge in [-0.05, 0) is 12.8 Å². The third kappa shape index (κ3) is 4.03. The van der Waals surface area contributed by atoms with E-state index < -0.39 is 0 Å². The number of hydrogen-bond donors (Lipinski definition) is 2. The van der Waals surface area contributed by atoms with E-state index in [2.05, 4.69) is 29.4 Å². The lowest BCUT2D eigenvalue weighted by Gasteiger charge is -2.05. The predicted molar refractivity (Wildman–Crippen MR) is 68.2 cm³/mol. The number of rotatable bonds is 5. The molecular weight excluding hydrogens is 248 g/mol. The molecule has 5 nitrogen and oxygen atoms in total. The van der Waals surface area contributed by atoms with Crippen LogP contribution in [0.25, 0.3) is 0 Å². The molecule has 0 bridgehead atoms. The summed E-state index contributed by atoms with van der Waals surface area (Å²) in [5.74, 6) is 0.202. The number of anilines is 1. The number of nitrogens with two attached hydrogens (primary N) is 1. The maximum absolute atomic E-state index is 11.0. The second-order valence-electron chi connectivity index (χ2n) is 3.21. The van der Waals surface area contributed by atoms with Crippen LogP contribution in [-0.2, 0) is 4.79 Å². The third-order valence-corrected chi connectivity index (χ3v) is 3.21. The summed E-state index contributed by atoms with van der Waals surface area (Å²) >= 11 is 1.42. The van der Waals surface area contributed by atoms with Crippen molar-refractivity contribution in [1.82, 2.24) is 10.2 Å². The SMILES string of the molecule is CCC(CC)c1nnc(NC(=O)CN)s1.Cl. The van der Waals surface area contributed by atoms with Gasteiger partial charge in [0.2, 0.25) is 11.0 Å². The van der Waals surface area contributed by atoms with E-state index in [0.29, 0.717) is 11.0 Å². The molecule has 0 aliphatic heterocycles. The van der Waals surface area contributed by atoms with Crippen molar-refractivity contribution in [2.45, 2.75) is 32.6 Å². The van der Waals surface area contributed by atoms with E-state index in [-0.39, 0.29) is 24.9 Å². The highest BCUT2D eigenvalue weighted by atomic mass is 35.5. The molecule has 1 aromatic rings. The highest BCUT2D eigenvalue weighted by Crippen LogP contribution is 2.27. The van der Waals surface area contributed by atoms with Gasteiger partial charge in [0.05, 0.1) is 6.54 Å². The van der Waals surface area contributed by atoms with Crippen LogP contribution in [0, 0.1) is 0 Å². The fraction of sp³-hybridized carbons (Fsp3) is 0.667. The van der Waals surface area contributed by atoms with E-state index in [1.54, 1.807) is 0 Å². The van der Waals surface area contributed by atoms with Crippen molar-refractivity contribution in [3.8, 4) is 0 Å². The first-order chi connectivity index (χ1) is 7.21. The molecule has 0 aliphatic rings. The molecule has 0 atom stereocenters. The minimum atomic E-state index is -0.234. The Kier molecular flexibility index (Phi) is 7.20. The normalized spacial score (nSPS) is 10.0. The highest BCUT2D eigenvalue weighted by Gasteiger charge is 2.13. The van der Waals surface area contributed by atoms with Crippen molar-refractivity contribution in [3.05, 3.63) is 5.01 Å². The van der Waals surface area contributed by atoms with Gasteiger partial charge in [0.15, 0.2) is 0 Å². The second-order valence-corrected chi connectivity index (χ2v) is 4.22. The monoisotopic (exact) mass is 264 g/mol. The minimum absolute atomic E-state index is 0. The molecule has 1 amide bonds. The molecule has 1 rings (SSSR count). The Morgan fingerprint density at radius 2 is 2.06 bits per heavy atom. The van der Waals surface area contributed by atoms with Crippen LogP contribution in [0.15, 0.2) is 0 Å². The van der Waals surface area contributed by atoms with E-state index >= 15 is 0 Å². The van der Waals surface area contributed by atoms with Gasteiger partial charge >= 0.3 is 0 Å². The maximum Gasteiger partial charge on any atom is 0.239 e. The van der Waals surface area contributed by atoms with Crippen molar-refractivity contribution >= 4 is 34.8 Å². The number of halogens is 1. The Labute approximate surface area is 105 Å². The summed E-state index contributed by atoms with van der Waals surface area (Å²) in [5, 5.41) is 12.1. The summed E-state index contributed by atoms with van der Waals surface area (Å²) in [6.45, 7) is 4.21. The standard InChI is InChI=1S/C9H16N4OS.ClH/c1-3-6(4-2)8-12-13-9(15-8)11-7(14)5-10;/h6H,3-5,10H2,1-2H3,(H,11,13,14);1H. The number of carbonyl (C=O) groups excluding carboxylic acids is 1. The molecule has 16 heavy (non-hydrogen) atoms. The van der Waals surface area contributed by atoms with E-state index in [1.807, 2.05) is 0 Å². The smallest absolute Gasteiger partial charge is 0.239 e. The lowest BCUT2D eigenvalue weighted by Crippen LogP contribution is -2.21. The molecule has 7 heteroatoms. The molecule has 0 spiro atoms. The van der Waals surface area contributed by atoms with Crippen LogP contribution < -0.4 is 11.1 Å². The van der Waals surface area contributed by atoms with Crippen LogP contribution in [0.1, 0.15) is 37.6 Å². The average Bonchev–Trinajstić information content (AvgIpc) is 2.68. The summed E-state index contributed by atoms with van der Waals surface area (Å²) in [4.78, 5) is 11.0. The summed E-state index contributed by atoms with van der Waals surface area (Å²) < 4.78 is 0. The first kappa shape index (κ1) is 15.3. The molecule has 92 valence electrons. The Morgan fingerprint density at radius 1 is 1.44 bits per heavy atom. The largest absolute Gasteiger partial charge is 0.322 e. The van der Waals surface area contributed by atoms with Crippen molar-refractivity contribution in [1.29, 1.82) is 0 Å². The number of carbonyl (C=O) groups is 1. The summed E-state index contributed by atoms with van der Waals surface area (Å²) in [7, 11) is 0. The van der Waals surface area contributed by atoms with Gasteiger partial charge in [0.25, 0.3) is 0 Å². The van der Waals surface area contributed by atoms with Gasteiger partial charge < -0.3 is 5.73 Å². The van der Waals surface area contributed by atoms with Crippen molar-refractivity contribution in [2.24, 2.45) is 5.73 Å². The predicted octanol–water partition coefficient (Wildman–Crippen LogP) is 1.76. The molecular formula is C9H17ClN4OS. The quantitative estimate of drug-likeness (QED) is 0.849. The van der Waals surface area contributed by atoms with Crippen LogP contribution in [0.3, 0.4) is 0 Å². The molecule has 0 aromatic carbocycles. The van der Waals surface area contributed by atoms with E-state index in [4.69, 9.17) is 5.73 Å². The number of nitrogens with zero attached hydrogens (tertiary/aromatic N) is 2. The van der Waals surface area contributed by atoms with Gasteiger partial charge in [-0.25, -0.2) is 0 Å². The van der Waals surface area contributed by atoms with Crippen molar-refractivity contribution < 1.29 is 4.79 Å². The first-order valence-electron chi connectivity index (χ1n) is 5.04. The molecule has 0 saturated carbocycles. The van der Waals surface area contributed by atoms with Crippen LogP contribution in [0.2, 0.25) is 0 Å². The zero-order chi connectivity index (χ0) is 11.3. The van der Waals surface area contributed by atoms with Gasteiger partial charge in [-0.3, -0.25) is 10.1 Å². The summed E-state index contributed by atoms with van der Waals surface area (Å²) in [5.41, 5.74) is 5.18.